The van der Waals surface area contributed by atoms with E-state index in [1.807, 2.05) is 0 Å². The minimum atomic E-state index is -0.740. The zero-order valence-electron chi connectivity index (χ0n) is 11.7. The molecule has 1 saturated heterocycles. The minimum absolute atomic E-state index is 0. The van der Waals surface area contributed by atoms with E-state index in [2.05, 4.69) is 15.5 Å². The van der Waals surface area contributed by atoms with E-state index in [1.54, 1.807) is 0 Å². The number of hydrogen-bond acceptors (Lipinski definition) is 3. The van der Waals surface area contributed by atoms with Gasteiger partial charge in [-0.15, -0.1) is 12.4 Å². The van der Waals surface area contributed by atoms with Gasteiger partial charge in [0.25, 0.3) is 5.91 Å². The number of halogens is 3. The van der Waals surface area contributed by atoms with Crippen molar-refractivity contribution in [3.63, 3.8) is 0 Å². The van der Waals surface area contributed by atoms with E-state index in [0.717, 1.165) is 57.3 Å². The van der Waals surface area contributed by atoms with Crippen LogP contribution < -0.4 is 10.6 Å². The van der Waals surface area contributed by atoms with Gasteiger partial charge < -0.3 is 15.5 Å². The Kier molecular flexibility index (Phi) is 7.56. The Morgan fingerprint density at radius 2 is 1.81 bits per heavy atom. The van der Waals surface area contributed by atoms with Crippen molar-refractivity contribution in [3.8, 4) is 0 Å². The molecule has 0 atom stereocenters. The van der Waals surface area contributed by atoms with E-state index < -0.39 is 17.5 Å². The molecule has 0 bridgehead atoms. The molecule has 0 saturated carbocycles. The molecule has 4 nitrogen and oxygen atoms in total. The van der Waals surface area contributed by atoms with Gasteiger partial charge in [-0.3, -0.25) is 4.79 Å². The summed E-state index contributed by atoms with van der Waals surface area (Å²) in [4.78, 5) is 14.1. The van der Waals surface area contributed by atoms with Crippen LogP contribution in [0.2, 0.25) is 0 Å². The number of benzene rings is 1. The summed E-state index contributed by atoms with van der Waals surface area (Å²) in [5.74, 6) is -1.92. The molecule has 0 aliphatic carbocycles. The van der Waals surface area contributed by atoms with E-state index in [-0.39, 0.29) is 18.0 Å². The summed E-state index contributed by atoms with van der Waals surface area (Å²) in [5.41, 5.74) is 0.0182. The van der Waals surface area contributed by atoms with Crippen molar-refractivity contribution >= 4 is 18.3 Å². The molecule has 1 heterocycles. The van der Waals surface area contributed by atoms with Crippen molar-refractivity contribution in [2.45, 2.75) is 6.42 Å². The highest BCUT2D eigenvalue weighted by atomic mass is 35.5. The number of carbonyl (C=O) groups is 1. The number of rotatable bonds is 5. The van der Waals surface area contributed by atoms with Gasteiger partial charge in [-0.25, -0.2) is 8.78 Å². The van der Waals surface area contributed by atoms with Crippen LogP contribution in [0, 0.1) is 11.6 Å². The topological polar surface area (TPSA) is 44.4 Å². The molecule has 2 rings (SSSR count). The highest BCUT2D eigenvalue weighted by Gasteiger charge is 2.10. The lowest BCUT2D eigenvalue weighted by Crippen LogP contribution is -2.44. The van der Waals surface area contributed by atoms with E-state index in [4.69, 9.17) is 0 Å². The fraction of sp³-hybridized carbons (Fsp3) is 0.500. The van der Waals surface area contributed by atoms with Gasteiger partial charge in [-0.1, -0.05) is 0 Å². The molecule has 2 N–H and O–H groups in total. The molecular weight excluding hydrogens is 300 g/mol. The van der Waals surface area contributed by atoms with Gasteiger partial charge in [0.15, 0.2) is 0 Å². The minimum Gasteiger partial charge on any atom is -0.352 e. The Bertz CT molecular complexity index is 447. The Morgan fingerprint density at radius 1 is 1.19 bits per heavy atom. The van der Waals surface area contributed by atoms with Crippen LogP contribution in [-0.4, -0.2) is 50.1 Å². The van der Waals surface area contributed by atoms with E-state index in [0.29, 0.717) is 6.54 Å². The molecule has 7 heteroatoms. The predicted molar refractivity (Wildman–Crippen MR) is 79.9 cm³/mol. The van der Waals surface area contributed by atoms with Gasteiger partial charge in [0, 0.05) is 44.4 Å². The first kappa shape index (κ1) is 17.8. The highest BCUT2D eigenvalue weighted by molar-refractivity contribution is 5.94. The van der Waals surface area contributed by atoms with Crippen molar-refractivity contribution in [2.75, 3.05) is 39.3 Å². The van der Waals surface area contributed by atoms with Crippen LogP contribution in [0.1, 0.15) is 16.8 Å². The zero-order chi connectivity index (χ0) is 14.4. The second kappa shape index (κ2) is 8.92. The highest BCUT2D eigenvalue weighted by Crippen LogP contribution is 2.07. The fourth-order valence-electron chi connectivity index (χ4n) is 2.23. The molecule has 21 heavy (non-hydrogen) atoms. The molecule has 1 aliphatic rings. The zero-order valence-corrected chi connectivity index (χ0v) is 12.5. The molecule has 0 aromatic heterocycles. The van der Waals surface area contributed by atoms with E-state index >= 15 is 0 Å². The van der Waals surface area contributed by atoms with E-state index in [9.17, 15) is 13.6 Å². The maximum atomic E-state index is 13.0. The summed E-state index contributed by atoms with van der Waals surface area (Å²) in [5, 5.41) is 5.95. The number of nitrogens with zero attached hydrogens (tertiary/aromatic N) is 1. The van der Waals surface area contributed by atoms with Crippen molar-refractivity contribution < 1.29 is 13.6 Å². The molecule has 1 aliphatic heterocycles. The van der Waals surface area contributed by atoms with Gasteiger partial charge in [0.2, 0.25) is 0 Å². The van der Waals surface area contributed by atoms with Gasteiger partial charge in [-0.05, 0) is 25.1 Å². The summed E-state index contributed by atoms with van der Waals surface area (Å²) < 4.78 is 26.0. The third-order valence-electron chi connectivity index (χ3n) is 3.27. The van der Waals surface area contributed by atoms with Gasteiger partial charge in [-0.2, -0.15) is 0 Å². The van der Waals surface area contributed by atoms with Gasteiger partial charge in [0.1, 0.15) is 11.6 Å². The maximum absolute atomic E-state index is 13.0. The smallest absolute Gasteiger partial charge is 0.251 e. The molecule has 0 unspecified atom stereocenters. The maximum Gasteiger partial charge on any atom is 0.251 e. The molecule has 0 radical (unpaired) electrons. The van der Waals surface area contributed by atoms with Gasteiger partial charge >= 0.3 is 0 Å². The first-order chi connectivity index (χ1) is 9.65. The molecule has 0 spiro atoms. The SMILES string of the molecule is Cl.O=C(NCCCN1CCNCC1)c1cc(F)cc(F)c1. The average molecular weight is 320 g/mol. The molecular formula is C14H20ClF2N3O. The van der Waals surface area contributed by atoms with Crippen LogP contribution >= 0.6 is 12.4 Å². The average Bonchev–Trinajstić information content (AvgIpc) is 2.43. The third kappa shape index (κ3) is 5.95. The third-order valence-corrected chi connectivity index (χ3v) is 3.27. The summed E-state index contributed by atoms with van der Waals surface area (Å²) >= 11 is 0. The fourth-order valence-corrected chi connectivity index (χ4v) is 2.23. The number of carbonyl (C=O) groups excluding carboxylic acids is 1. The van der Waals surface area contributed by atoms with Gasteiger partial charge in [0.05, 0.1) is 0 Å². The lowest BCUT2D eigenvalue weighted by molar-refractivity contribution is 0.0950. The van der Waals surface area contributed by atoms with Crippen molar-refractivity contribution in [1.29, 1.82) is 0 Å². The number of piperazine rings is 1. The Labute approximate surface area is 129 Å². The Balaban J connectivity index is 0.00000220. The lowest BCUT2D eigenvalue weighted by Gasteiger charge is -2.27. The van der Waals surface area contributed by atoms with Crippen LogP contribution in [0.25, 0.3) is 0 Å². The monoisotopic (exact) mass is 319 g/mol. The summed E-state index contributed by atoms with van der Waals surface area (Å²) in [6.07, 6.45) is 0.823. The molecule has 1 fully saturated rings. The number of hydrogen-bond donors (Lipinski definition) is 2. The van der Waals surface area contributed by atoms with Crippen LogP contribution in [0.4, 0.5) is 8.78 Å². The summed E-state index contributed by atoms with van der Waals surface area (Å²) in [6, 6.07) is 2.82. The first-order valence-corrected chi connectivity index (χ1v) is 6.82. The van der Waals surface area contributed by atoms with Crippen LogP contribution in [-0.2, 0) is 0 Å². The second-order valence-corrected chi connectivity index (χ2v) is 4.86. The van der Waals surface area contributed by atoms with Crippen molar-refractivity contribution in [1.82, 2.24) is 15.5 Å². The van der Waals surface area contributed by atoms with Crippen LogP contribution in [0.3, 0.4) is 0 Å². The predicted octanol–water partition coefficient (Wildman–Crippen LogP) is 1.41. The van der Waals surface area contributed by atoms with Crippen molar-refractivity contribution in [3.05, 3.63) is 35.4 Å². The largest absolute Gasteiger partial charge is 0.352 e. The molecule has 118 valence electrons. The summed E-state index contributed by atoms with van der Waals surface area (Å²) in [6.45, 7) is 5.44. The van der Waals surface area contributed by atoms with Crippen LogP contribution in [0.5, 0.6) is 0 Å². The molecule has 1 amide bonds. The second-order valence-electron chi connectivity index (χ2n) is 4.86. The van der Waals surface area contributed by atoms with E-state index in [1.165, 1.54) is 0 Å². The Hall–Kier alpha value is -1.24. The van der Waals surface area contributed by atoms with Crippen LogP contribution in [0.15, 0.2) is 18.2 Å². The molecule has 1 aromatic carbocycles. The molecule has 1 aromatic rings. The quantitative estimate of drug-likeness (QED) is 0.807. The standard InChI is InChI=1S/C14H19F2N3O.ClH/c15-12-8-11(9-13(16)10-12)14(20)18-2-1-5-19-6-3-17-4-7-19;/h8-10,17H,1-7H2,(H,18,20);1H. The number of nitrogens with one attached hydrogen (secondary N) is 2. The first-order valence-electron chi connectivity index (χ1n) is 6.82. The number of amides is 1. The lowest BCUT2D eigenvalue weighted by atomic mass is 10.2. The Morgan fingerprint density at radius 3 is 2.43 bits per heavy atom. The van der Waals surface area contributed by atoms with Crippen molar-refractivity contribution in [2.24, 2.45) is 0 Å². The normalized spacial score (nSPS) is 15.3. The summed E-state index contributed by atoms with van der Waals surface area (Å²) in [7, 11) is 0.